The van der Waals surface area contributed by atoms with Crippen LogP contribution in [0, 0.1) is 0 Å². The van der Waals surface area contributed by atoms with Crippen LogP contribution in [0.25, 0.3) is 0 Å². The van der Waals surface area contributed by atoms with Crippen LogP contribution >= 0.6 is 23.4 Å². The second-order valence-electron chi connectivity index (χ2n) is 5.25. The number of hydrogen-bond donors (Lipinski definition) is 0. The minimum Gasteiger partial charge on any atom is -0.311 e. The lowest BCUT2D eigenvalue weighted by atomic mass is 10.2. The van der Waals surface area contributed by atoms with E-state index in [9.17, 15) is 13.2 Å². The standard InChI is InChI=1S/C14H18ClNO3S2/c1-10-5-7-16(14(17)6-8-21(2,18)19)12-9-11(15)3-4-13(12)20-10/h3-4,9-10H,5-8H2,1-2H3/t10-/m1/s1. The molecule has 1 heterocycles. The third-order valence-corrected chi connectivity index (χ3v) is 5.70. The van der Waals surface area contributed by atoms with Gasteiger partial charge < -0.3 is 4.90 Å². The summed E-state index contributed by atoms with van der Waals surface area (Å²) in [6, 6.07) is 5.51. The van der Waals surface area contributed by atoms with E-state index in [1.54, 1.807) is 22.7 Å². The van der Waals surface area contributed by atoms with Gasteiger partial charge in [0.2, 0.25) is 5.91 Å². The summed E-state index contributed by atoms with van der Waals surface area (Å²) >= 11 is 7.76. The number of sulfone groups is 1. The van der Waals surface area contributed by atoms with Crippen LogP contribution in [0.2, 0.25) is 5.02 Å². The highest BCUT2D eigenvalue weighted by Gasteiger charge is 2.25. The molecule has 21 heavy (non-hydrogen) atoms. The molecule has 0 N–H and O–H groups in total. The van der Waals surface area contributed by atoms with Gasteiger partial charge in [-0.2, -0.15) is 0 Å². The Kier molecular flexibility index (Phi) is 5.22. The quantitative estimate of drug-likeness (QED) is 0.843. The Balaban J connectivity index is 2.27. The van der Waals surface area contributed by atoms with Crippen molar-refractivity contribution in [1.82, 2.24) is 0 Å². The van der Waals surface area contributed by atoms with Crippen LogP contribution in [0.15, 0.2) is 23.1 Å². The summed E-state index contributed by atoms with van der Waals surface area (Å²) in [6.07, 6.45) is 2.01. The summed E-state index contributed by atoms with van der Waals surface area (Å²) in [5.41, 5.74) is 0.787. The summed E-state index contributed by atoms with van der Waals surface area (Å²) in [5.74, 6) is -0.292. The van der Waals surface area contributed by atoms with Crippen molar-refractivity contribution in [3.63, 3.8) is 0 Å². The zero-order chi connectivity index (χ0) is 15.6. The first-order valence-corrected chi connectivity index (χ1v) is 10.0. The monoisotopic (exact) mass is 347 g/mol. The molecule has 4 nitrogen and oxygen atoms in total. The Morgan fingerprint density at radius 3 is 2.86 bits per heavy atom. The highest BCUT2D eigenvalue weighted by atomic mass is 35.5. The highest BCUT2D eigenvalue weighted by Crippen LogP contribution is 2.39. The molecule has 0 spiro atoms. The van der Waals surface area contributed by atoms with E-state index < -0.39 is 9.84 Å². The van der Waals surface area contributed by atoms with E-state index in [0.717, 1.165) is 23.3 Å². The SMILES string of the molecule is C[C@@H]1CCN(C(=O)CCS(C)(=O)=O)c2cc(Cl)ccc2S1. The number of hydrogen-bond acceptors (Lipinski definition) is 4. The summed E-state index contributed by atoms with van der Waals surface area (Å²) in [7, 11) is -3.14. The number of carbonyl (C=O) groups excluding carboxylic acids is 1. The predicted octanol–water partition coefficient (Wildman–Crippen LogP) is 2.99. The average Bonchev–Trinajstić information content (AvgIpc) is 2.54. The molecule has 1 amide bonds. The molecule has 0 saturated heterocycles. The number of anilines is 1. The van der Waals surface area contributed by atoms with E-state index in [-0.39, 0.29) is 18.1 Å². The number of carbonyl (C=O) groups is 1. The maximum absolute atomic E-state index is 12.4. The van der Waals surface area contributed by atoms with Crippen LogP contribution in [-0.4, -0.2) is 38.1 Å². The maximum Gasteiger partial charge on any atom is 0.228 e. The molecule has 1 atom stereocenters. The van der Waals surface area contributed by atoms with Gasteiger partial charge in [-0.15, -0.1) is 11.8 Å². The second-order valence-corrected chi connectivity index (χ2v) is 9.43. The molecule has 0 unspecified atom stereocenters. The number of fused-ring (bicyclic) bond motifs is 1. The normalized spacial score (nSPS) is 19.0. The first kappa shape index (κ1) is 16.6. The van der Waals surface area contributed by atoms with Gasteiger partial charge in [0.15, 0.2) is 0 Å². The van der Waals surface area contributed by atoms with Crippen molar-refractivity contribution < 1.29 is 13.2 Å². The third kappa shape index (κ3) is 4.63. The largest absolute Gasteiger partial charge is 0.311 e. The number of halogens is 1. The highest BCUT2D eigenvalue weighted by molar-refractivity contribution is 8.00. The third-order valence-electron chi connectivity index (χ3n) is 3.29. The van der Waals surface area contributed by atoms with E-state index in [4.69, 9.17) is 11.6 Å². The summed E-state index contributed by atoms with van der Waals surface area (Å²) < 4.78 is 22.5. The van der Waals surface area contributed by atoms with Gasteiger partial charge in [-0.3, -0.25) is 4.79 Å². The van der Waals surface area contributed by atoms with Gasteiger partial charge in [0.1, 0.15) is 9.84 Å². The first-order valence-electron chi connectivity index (χ1n) is 6.70. The number of benzene rings is 1. The molecule has 1 aromatic rings. The molecule has 1 aliphatic heterocycles. The Bertz CT molecular complexity index is 646. The van der Waals surface area contributed by atoms with Crippen LogP contribution < -0.4 is 4.90 Å². The van der Waals surface area contributed by atoms with Gasteiger partial charge in [0.05, 0.1) is 11.4 Å². The van der Waals surface area contributed by atoms with Crippen molar-refractivity contribution in [2.75, 3.05) is 23.5 Å². The Hall–Kier alpha value is -0.720. The predicted molar refractivity (Wildman–Crippen MR) is 88.1 cm³/mol. The molecule has 0 saturated carbocycles. The number of nitrogens with zero attached hydrogens (tertiary/aromatic N) is 1. The maximum atomic E-state index is 12.4. The van der Waals surface area contributed by atoms with E-state index in [2.05, 4.69) is 6.92 Å². The molecule has 0 aromatic heterocycles. The summed E-state index contributed by atoms with van der Waals surface area (Å²) in [6.45, 7) is 2.71. The molecule has 116 valence electrons. The lowest BCUT2D eigenvalue weighted by Gasteiger charge is -2.22. The molecule has 1 aliphatic rings. The van der Waals surface area contributed by atoms with Crippen molar-refractivity contribution in [2.45, 2.75) is 29.9 Å². The molecule has 7 heteroatoms. The summed E-state index contributed by atoms with van der Waals surface area (Å²) in [4.78, 5) is 15.1. The fourth-order valence-electron chi connectivity index (χ4n) is 2.17. The lowest BCUT2D eigenvalue weighted by Crippen LogP contribution is -2.33. The smallest absolute Gasteiger partial charge is 0.228 e. The molecule has 0 bridgehead atoms. The van der Waals surface area contributed by atoms with Gasteiger partial charge in [0.25, 0.3) is 0 Å². The summed E-state index contributed by atoms with van der Waals surface area (Å²) in [5, 5.41) is 0.974. The van der Waals surface area contributed by atoms with Gasteiger partial charge in [-0.25, -0.2) is 8.42 Å². The molecular formula is C14H18ClNO3S2. The van der Waals surface area contributed by atoms with Crippen LogP contribution in [0.4, 0.5) is 5.69 Å². The van der Waals surface area contributed by atoms with E-state index in [1.165, 1.54) is 0 Å². The minimum absolute atomic E-state index is 0.00380. The van der Waals surface area contributed by atoms with Gasteiger partial charge in [-0.05, 0) is 24.6 Å². The van der Waals surface area contributed by atoms with E-state index in [1.807, 2.05) is 12.1 Å². The van der Waals surface area contributed by atoms with Gasteiger partial charge >= 0.3 is 0 Å². The topological polar surface area (TPSA) is 54.5 Å². The molecule has 0 radical (unpaired) electrons. The van der Waals surface area contributed by atoms with Crippen molar-refractivity contribution in [3.05, 3.63) is 23.2 Å². The second kappa shape index (κ2) is 6.58. The van der Waals surface area contributed by atoms with Crippen LogP contribution in [0.5, 0.6) is 0 Å². The Labute approximate surface area is 134 Å². The van der Waals surface area contributed by atoms with Crippen molar-refractivity contribution >= 4 is 44.8 Å². The molecule has 0 aliphatic carbocycles. The number of amides is 1. The zero-order valence-corrected chi connectivity index (χ0v) is 14.4. The van der Waals surface area contributed by atoms with Crippen molar-refractivity contribution in [2.24, 2.45) is 0 Å². The van der Waals surface area contributed by atoms with Crippen LogP contribution in [0.1, 0.15) is 19.8 Å². The van der Waals surface area contributed by atoms with Gasteiger partial charge in [0, 0.05) is 34.4 Å². The fraction of sp³-hybridized carbons (Fsp3) is 0.500. The Morgan fingerprint density at radius 1 is 1.48 bits per heavy atom. The first-order chi connectivity index (χ1) is 9.76. The molecular weight excluding hydrogens is 330 g/mol. The minimum atomic E-state index is -3.14. The van der Waals surface area contributed by atoms with E-state index >= 15 is 0 Å². The number of thioether (sulfide) groups is 1. The number of rotatable bonds is 3. The lowest BCUT2D eigenvalue weighted by molar-refractivity contribution is -0.118. The van der Waals surface area contributed by atoms with E-state index in [0.29, 0.717) is 16.8 Å². The van der Waals surface area contributed by atoms with Gasteiger partial charge in [-0.1, -0.05) is 18.5 Å². The van der Waals surface area contributed by atoms with Crippen molar-refractivity contribution in [3.8, 4) is 0 Å². The van der Waals surface area contributed by atoms with Crippen molar-refractivity contribution in [1.29, 1.82) is 0 Å². The van der Waals surface area contributed by atoms with Crippen LogP contribution in [0.3, 0.4) is 0 Å². The fourth-order valence-corrected chi connectivity index (χ4v) is 3.98. The molecule has 0 fully saturated rings. The zero-order valence-electron chi connectivity index (χ0n) is 12.0. The average molecular weight is 348 g/mol. The Morgan fingerprint density at radius 2 is 2.19 bits per heavy atom. The molecule has 1 aromatic carbocycles. The molecule has 2 rings (SSSR count). The van der Waals surface area contributed by atoms with Crippen LogP contribution in [-0.2, 0) is 14.6 Å².